The fourth-order valence-electron chi connectivity index (χ4n) is 1.75. The van der Waals surface area contributed by atoms with Gasteiger partial charge in [0.25, 0.3) is 5.69 Å². The molecule has 0 fully saturated rings. The van der Waals surface area contributed by atoms with Gasteiger partial charge < -0.3 is 10.1 Å². The van der Waals surface area contributed by atoms with Crippen LogP contribution in [0.2, 0.25) is 0 Å². The smallest absolute Gasteiger partial charge is 0.293 e. The maximum absolute atomic E-state index is 11.0. The third-order valence-electron chi connectivity index (χ3n) is 2.76. The second-order valence-electron chi connectivity index (χ2n) is 4.21. The fraction of sp³-hybridized carbons (Fsp3) is 0.231. The molecule has 2 aromatic rings. The molecule has 1 aromatic heterocycles. The predicted octanol–water partition coefficient (Wildman–Crippen LogP) is 2.05. The number of hydrogen-bond donors (Lipinski definition) is 1. The lowest BCUT2D eigenvalue weighted by Crippen LogP contribution is -2.04. The van der Waals surface area contributed by atoms with E-state index in [1.807, 2.05) is 6.07 Å². The molecule has 1 heterocycles. The van der Waals surface area contributed by atoms with Gasteiger partial charge in [-0.1, -0.05) is 0 Å². The Bertz CT molecular complexity index is 689. The van der Waals surface area contributed by atoms with E-state index in [1.54, 1.807) is 24.2 Å². The second-order valence-corrected chi connectivity index (χ2v) is 4.21. The molecule has 0 aliphatic rings. The Kier molecular flexibility index (Phi) is 4.48. The number of nitrogens with zero attached hydrogens (tertiary/aromatic N) is 4. The summed E-state index contributed by atoms with van der Waals surface area (Å²) in [4.78, 5) is 10.5. The number of ether oxygens (including phenoxy) is 1. The van der Waals surface area contributed by atoms with E-state index in [2.05, 4.69) is 10.4 Å². The molecule has 1 N–H and O–H groups in total. The zero-order valence-electron chi connectivity index (χ0n) is 11.3. The molecule has 0 radical (unpaired) electrons. The van der Waals surface area contributed by atoms with Crippen LogP contribution in [0.3, 0.4) is 0 Å². The van der Waals surface area contributed by atoms with Crippen molar-refractivity contribution in [2.75, 3.05) is 19.0 Å². The Labute approximate surface area is 120 Å². The summed E-state index contributed by atoms with van der Waals surface area (Å²) in [6.07, 6.45) is 3.29. The van der Waals surface area contributed by atoms with Crippen molar-refractivity contribution in [2.45, 2.75) is 6.54 Å². The van der Waals surface area contributed by atoms with Crippen molar-refractivity contribution in [3.8, 4) is 6.07 Å². The summed E-state index contributed by atoms with van der Waals surface area (Å²) < 4.78 is 6.62. The van der Waals surface area contributed by atoms with Crippen LogP contribution in [0.25, 0.3) is 0 Å². The summed E-state index contributed by atoms with van der Waals surface area (Å²) in [5, 5.41) is 26.9. The molecule has 1 aromatic carbocycles. The van der Waals surface area contributed by atoms with Gasteiger partial charge in [-0.25, -0.2) is 0 Å². The van der Waals surface area contributed by atoms with Gasteiger partial charge in [0.15, 0.2) is 0 Å². The molecule has 0 aliphatic carbocycles. The van der Waals surface area contributed by atoms with Crippen LogP contribution < -0.4 is 5.32 Å². The van der Waals surface area contributed by atoms with Crippen LogP contribution in [-0.2, 0) is 11.3 Å². The van der Waals surface area contributed by atoms with Gasteiger partial charge >= 0.3 is 0 Å². The van der Waals surface area contributed by atoms with Gasteiger partial charge in [0.2, 0.25) is 0 Å². The Morgan fingerprint density at radius 2 is 2.38 bits per heavy atom. The summed E-state index contributed by atoms with van der Waals surface area (Å²) in [6, 6.07) is 6.13. The monoisotopic (exact) mass is 287 g/mol. The molecular weight excluding hydrogens is 274 g/mol. The number of hydrogen-bond acceptors (Lipinski definition) is 6. The van der Waals surface area contributed by atoms with E-state index in [0.717, 1.165) is 0 Å². The highest BCUT2D eigenvalue weighted by Gasteiger charge is 2.15. The Hall–Kier alpha value is -2.92. The number of nitro benzene ring substituents is 1. The van der Waals surface area contributed by atoms with Crippen LogP contribution in [0.4, 0.5) is 17.1 Å². The first-order valence-electron chi connectivity index (χ1n) is 6.11. The molecular formula is C13H13N5O3. The van der Waals surface area contributed by atoms with E-state index in [1.165, 1.54) is 18.2 Å². The first kappa shape index (κ1) is 14.5. The minimum absolute atomic E-state index is 0.154. The molecule has 8 nitrogen and oxygen atoms in total. The van der Waals surface area contributed by atoms with Crippen molar-refractivity contribution in [1.82, 2.24) is 9.78 Å². The van der Waals surface area contributed by atoms with Crippen LogP contribution >= 0.6 is 0 Å². The molecule has 2 rings (SSSR count). The zero-order chi connectivity index (χ0) is 15.2. The Morgan fingerprint density at radius 1 is 1.57 bits per heavy atom. The topological polar surface area (TPSA) is 106 Å². The Morgan fingerprint density at radius 3 is 3.05 bits per heavy atom. The van der Waals surface area contributed by atoms with Crippen LogP contribution in [-0.4, -0.2) is 28.4 Å². The van der Waals surface area contributed by atoms with Crippen LogP contribution in [0.1, 0.15) is 5.56 Å². The van der Waals surface area contributed by atoms with Gasteiger partial charge in [-0.3, -0.25) is 14.8 Å². The van der Waals surface area contributed by atoms with E-state index in [4.69, 9.17) is 10.00 Å². The Balaban J connectivity index is 2.21. The molecule has 8 heteroatoms. The van der Waals surface area contributed by atoms with Gasteiger partial charge in [0.1, 0.15) is 5.69 Å². The van der Waals surface area contributed by atoms with Crippen molar-refractivity contribution < 1.29 is 9.66 Å². The van der Waals surface area contributed by atoms with Crippen molar-refractivity contribution in [1.29, 1.82) is 5.26 Å². The lowest BCUT2D eigenvalue weighted by molar-refractivity contribution is -0.383. The first-order chi connectivity index (χ1) is 10.1. The highest BCUT2D eigenvalue weighted by atomic mass is 16.6. The zero-order valence-corrected chi connectivity index (χ0v) is 11.3. The van der Waals surface area contributed by atoms with E-state index in [0.29, 0.717) is 24.5 Å². The van der Waals surface area contributed by atoms with E-state index < -0.39 is 4.92 Å². The number of aromatic nitrogens is 2. The van der Waals surface area contributed by atoms with Crippen molar-refractivity contribution in [3.05, 3.63) is 46.3 Å². The normalized spacial score (nSPS) is 10.1. The van der Waals surface area contributed by atoms with E-state index in [9.17, 15) is 10.1 Å². The van der Waals surface area contributed by atoms with Crippen molar-refractivity contribution in [2.24, 2.45) is 0 Å². The number of methoxy groups -OCH3 is 1. The second kappa shape index (κ2) is 6.49. The molecule has 0 aliphatic heterocycles. The highest BCUT2D eigenvalue weighted by molar-refractivity contribution is 5.70. The molecule has 21 heavy (non-hydrogen) atoms. The largest absolute Gasteiger partial charge is 0.383 e. The maximum atomic E-state index is 11.0. The summed E-state index contributed by atoms with van der Waals surface area (Å²) in [5.41, 5.74) is 1.02. The van der Waals surface area contributed by atoms with Gasteiger partial charge in [-0.15, -0.1) is 0 Å². The number of nitriles is 1. The van der Waals surface area contributed by atoms with E-state index in [-0.39, 0.29) is 11.3 Å². The van der Waals surface area contributed by atoms with Gasteiger partial charge in [0, 0.05) is 19.4 Å². The fourth-order valence-corrected chi connectivity index (χ4v) is 1.75. The first-order valence-corrected chi connectivity index (χ1v) is 6.11. The molecule has 0 saturated heterocycles. The summed E-state index contributed by atoms with van der Waals surface area (Å²) in [6.45, 7) is 1.12. The van der Waals surface area contributed by atoms with Crippen molar-refractivity contribution in [3.63, 3.8) is 0 Å². The third-order valence-corrected chi connectivity index (χ3v) is 2.76. The summed E-state index contributed by atoms with van der Waals surface area (Å²) in [7, 11) is 1.60. The third kappa shape index (κ3) is 3.55. The number of anilines is 2. The maximum Gasteiger partial charge on any atom is 0.293 e. The average Bonchev–Trinajstić information content (AvgIpc) is 2.92. The molecule has 0 amide bonds. The van der Waals surface area contributed by atoms with Crippen molar-refractivity contribution >= 4 is 17.1 Å². The number of nitrogens with one attached hydrogen (secondary N) is 1. The van der Waals surface area contributed by atoms with E-state index >= 15 is 0 Å². The quantitative estimate of drug-likeness (QED) is 0.643. The van der Waals surface area contributed by atoms with Crippen LogP contribution in [0.5, 0.6) is 0 Å². The summed E-state index contributed by atoms with van der Waals surface area (Å²) in [5.74, 6) is 0. The van der Waals surface area contributed by atoms with Crippen LogP contribution in [0.15, 0.2) is 30.6 Å². The molecule has 108 valence electrons. The standard InChI is InChI=1S/C13H13N5O3/c1-21-5-4-17-9-11(8-15-17)16-12-3-2-10(7-14)6-13(12)18(19)20/h2-3,6,8-9,16H,4-5H2,1H3. The molecule has 0 unspecified atom stereocenters. The minimum Gasteiger partial charge on any atom is -0.383 e. The number of nitro groups is 1. The van der Waals surface area contributed by atoms with Gasteiger partial charge in [-0.2, -0.15) is 10.4 Å². The lowest BCUT2D eigenvalue weighted by atomic mass is 10.2. The molecule has 0 spiro atoms. The average molecular weight is 287 g/mol. The molecule has 0 saturated carbocycles. The summed E-state index contributed by atoms with van der Waals surface area (Å²) >= 11 is 0. The predicted molar refractivity (Wildman–Crippen MR) is 75.2 cm³/mol. The molecule has 0 atom stereocenters. The number of rotatable bonds is 6. The number of benzene rings is 1. The van der Waals surface area contributed by atoms with Gasteiger partial charge in [0.05, 0.1) is 41.6 Å². The minimum atomic E-state index is -0.529. The van der Waals surface area contributed by atoms with Gasteiger partial charge in [-0.05, 0) is 12.1 Å². The SMILES string of the molecule is COCCn1cc(Nc2ccc(C#N)cc2[N+](=O)[O-])cn1. The van der Waals surface area contributed by atoms with Crippen LogP contribution in [0, 0.1) is 21.4 Å². The highest BCUT2D eigenvalue weighted by Crippen LogP contribution is 2.28. The lowest BCUT2D eigenvalue weighted by Gasteiger charge is -2.04. The molecule has 0 bridgehead atoms.